The predicted octanol–water partition coefficient (Wildman–Crippen LogP) is 0.473. The van der Waals surface area contributed by atoms with E-state index in [1.807, 2.05) is 0 Å². The minimum Gasteiger partial charge on any atom is -0.397 e. The monoisotopic (exact) mass is 235 g/mol. The number of hydrogen-bond acceptors (Lipinski definition) is 4. The third kappa shape index (κ3) is 2.74. The molecule has 5 nitrogen and oxygen atoms in total. The highest BCUT2D eigenvalue weighted by Gasteiger charge is 2.27. The molecule has 0 unspecified atom stereocenters. The molecule has 5 heteroatoms. The Labute approximate surface area is 100 Å². The Morgan fingerprint density at radius 1 is 1.65 bits per heavy atom. The predicted molar refractivity (Wildman–Crippen MR) is 64.5 cm³/mol. The number of carbonyl (C=O) groups is 1. The topological polar surface area (TPSA) is 88.2 Å². The van der Waals surface area contributed by atoms with Gasteiger partial charge in [-0.15, -0.1) is 0 Å². The Kier molecular flexibility index (Phi) is 3.28. The van der Waals surface area contributed by atoms with Gasteiger partial charge in [0, 0.05) is 6.54 Å². The molecule has 1 saturated carbocycles. The molecule has 2 rings (SSSR count). The number of carbonyl (C=O) groups excluding carboxylic acids is 1. The molecule has 0 saturated heterocycles. The lowest BCUT2D eigenvalue weighted by atomic mass is 9.82. The quantitative estimate of drug-likeness (QED) is 0.710. The van der Waals surface area contributed by atoms with Crippen LogP contribution in [0.15, 0.2) is 12.3 Å². The van der Waals surface area contributed by atoms with Gasteiger partial charge in [-0.25, -0.2) is 0 Å². The molecule has 1 fully saturated rings. The summed E-state index contributed by atoms with van der Waals surface area (Å²) in [4.78, 5) is 15.9. The molecule has 0 radical (unpaired) electrons. The summed E-state index contributed by atoms with van der Waals surface area (Å²) < 4.78 is 0. The van der Waals surface area contributed by atoms with Crippen molar-refractivity contribution < 1.29 is 9.90 Å². The largest absolute Gasteiger partial charge is 0.397 e. The van der Waals surface area contributed by atoms with Crippen molar-refractivity contribution in [1.29, 1.82) is 0 Å². The summed E-state index contributed by atoms with van der Waals surface area (Å²) in [7, 11) is 0. The van der Waals surface area contributed by atoms with Crippen molar-refractivity contribution >= 4 is 11.6 Å². The van der Waals surface area contributed by atoms with Crippen LogP contribution >= 0.6 is 0 Å². The molecular weight excluding hydrogens is 218 g/mol. The number of pyridine rings is 1. The molecule has 17 heavy (non-hydrogen) atoms. The normalized spacial score (nSPS) is 22.9. The molecule has 1 aliphatic rings. The summed E-state index contributed by atoms with van der Waals surface area (Å²) in [5.74, 6) is 0.243. The van der Waals surface area contributed by atoms with E-state index >= 15 is 0 Å². The molecule has 0 aliphatic heterocycles. The van der Waals surface area contributed by atoms with Crippen LogP contribution in [0.1, 0.15) is 28.9 Å². The van der Waals surface area contributed by atoms with Crippen LogP contribution in [0.4, 0.5) is 5.69 Å². The second kappa shape index (κ2) is 4.71. The average molecular weight is 235 g/mol. The Morgan fingerprint density at radius 2 is 2.35 bits per heavy atom. The molecule has 1 aromatic heterocycles. The van der Waals surface area contributed by atoms with Crippen LogP contribution in [0.3, 0.4) is 0 Å². The van der Waals surface area contributed by atoms with Crippen molar-refractivity contribution in [1.82, 2.24) is 10.3 Å². The zero-order chi connectivity index (χ0) is 12.4. The first-order valence-corrected chi connectivity index (χ1v) is 5.74. The van der Waals surface area contributed by atoms with Gasteiger partial charge in [-0.1, -0.05) is 0 Å². The Morgan fingerprint density at radius 3 is 3.00 bits per heavy atom. The minimum atomic E-state index is -0.187. The number of nitrogens with two attached hydrogens (primary N) is 1. The molecular formula is C12H17N3O2. The van der Waals surface area contributed by atoms with E-state index in [1.165, 1.54) is 6.20 Å². The highest BCUT2D eigenvalue weighted by Crippen LogP contribution is 2.26. The molecule has 0 atom stereocenters. The summed E-state index contributed by atoms with van der Waals surface area (Å²) in [5, 5.41) is 12.0. The third-order valence-electron chi connectivity index (χ3n) is 3.11. The van der Waals surface area contributed by atoms with E-state index in [2.05, 4.69) is 10.3 Å². The van der Waals surface area contributed by atoms with Gasteiger partial charge in [0.25, 0.3) is 5.91 Å². The van der Waals surface area contributed by atoms with E-state index in [-0.39, 0.29) is 12.0 Å². The van der Waals surface area contributed by atoms with Gasteiger partial charge in [0.2, 0.25) is 0 Å². The number of rotatable bonds is 3. The fourth-order valence-corrected chi connectivity index (χ4v) is 1.98. The van der Waals surface area contributed by atoms with Crippen LogP contribution in [0.25, 0.3) is 0 Å². The van der Waals surface area contributed by atoms with E-state index in [4.69, 9.17) is 10.8 Å². The van der Waals surface area contributed by atoms with Crippen LogP contribution < -0.4 is 11.1 Å². The van der Waals surface area contributed by atoms with Crippen molar-refractivity contribution in [2.75, 3.05) is 12.3 Å². The summed E-state index contributed by atoms with van der Waals surface area (Å²) in [5.41, 5.74) is 7.28. The molecule has 0 aromatic carbocycles. The summed E-state index contributed by atoms with van der Waals surface area (Å²) in [6.07, 6.45) is 2.89. The number of anilines is 1. The van der Waals surface area contributed by atoms with E-state index in [0.717, 1.165) is 12.8 Å². The Hall–Kier alpha value is -1.62. The Balaban J connectivity index is 1.92. The summed E-state index contributed by atoms with van der Waals surface area (Å²) in [6.45, 7) is 2.38. The van der Waals surface area contributed by atoms with Gasteiger partial charge in [-0.3, -0.25) is 9.78 Å². The molecule has 4 N–H and O–H groups in total. The number of nitrogens with zero attached hydrogens (tertiary/aromatic N) is 1. The molecule has 1 heterocycles. The molecule has 1 amide bonds. The molecule has 1 aliphatic carbocycles. The van der Waals surface area contributed by atoms with Crippen LogP contribution in [0, 0.1) is 12.8 Å². The number of aliphatic hydroxyl groups is 1. The second-order valence-electron chi connectivity index (χ2n) is 4.60. The average Bonchev–Trinajstić information content (AvgIpc) is 2.26. The van der Waals surface area contributed by atoms with Crippen molar-refractivity contribution in [3.8, 4) is 0 Å². The highest BCUT2D eigenvalue weighted by molar-refractivity contribution is 5.95. The molecule has 0 spiro atoms. The van der Waals surface area contributed by atoms with Gasteiger partial charge < -0.3 is 16.2 Å². The summed E-state index contributed by atoms with van der Waals surface area (Å²) >= 11 is 0. The molecule has 92 valence electrons. The Bertz CT molecular complexity index is 428. The number of nitrogens with one attached hydrogen (secondary N) is 1. The van der Waals surface area contributed by atoms with E-state index in [0.29, 0.717) is 29.4 Å². The standard InChI is InChI=1S/C12H17N3O2/c1-7-11(4-9(13)6-14-7)12(17)15-5-8-2-10(16)3-8/h4,6,8,10,16H,2-3,5,13H2,1H3,(H,15,17). The first-order valence-electron chi connectivity index (χ1n) is 5.74. The lowest BCUT2D eigenvalue weighted by Crippen LogP contribution is -2.38. The van der Waals surface area contributed by atoms with Crippen molar-refractivity contribution in [3.63, 3.8) is 0 Å². The van der Waals surface area contributed by atoms with Crippen LogP contribution in [-0.2, 0) is 0 Å². The fourth-order valence-electron chi connectivity index (χ4n) is 1.98. The smallest absolute Gasteiger partial charge is 0.253 e. The third-order valence-corrected chi connectivity index (χ3v) is 3.11. The van der Waals surface area contributed by atoms with E-state index in [9.17, 15) is 4.79 Å². The maximum absolute atomic E-state index is 11.9. The lowest BCUT2D eigenvalue weighted by molar-refractivity contribution is 0.0420. The van der Waals surface area contributed by atoms with Crippen molar-refractivity contribution in [3.05, 3.63) is 23.5 Å². The van der Waals surface area contributed by atoms with Gasteiger partial charge in [-0.05, 0) is 31.7 Å². The zero-order valence-electron chi connectivity index (χ0n) is 9.81. The maximum atomic E-state index is 11.9. The molecule has 0 bridgehead atoms. The first-order chi connectivity index (χ1) is 8.06. The van der Waals surface area contributed by atoms with E-state index in [1.54, 1.807) is 13.0 Å². The van der Waals surface area contributed by atoms with Crippen LogP contribution in [0.2, 0.25) is 0 Å². The lowest BCUT2D eigenvalue weighted by Gasteiger charge is -2.31. The van der Waals surface area contributed by atoms with E-state index < -0.39 is 0 Å². The number of aliphatic hydroxyl groups excluding tert-OH is 1. The number of aryl methyl sites for hydroxylation is 1. The molecule has 1 aromatic rings. The van der Waals surface area contributed by atoms with Crippen LogP contribution in [0.5, 0.6) is 0 Å². The number of amides is 1. The van der Waals surface area contributed by atoms with Crippen molar-refractivity contribution in [2.24, 2.45) is 5.92 Å². The second-order valence-corrected chi connectivity index (χ2v) is 4.60. The maximum Gasteiger partial charge on any atom is 0.253 e. The van der Waals surface area contributed by atoms with Gasteiger partial charge >= 0.3 is 0 Å². The highest BCUT2D eigenvalue weighted by atomic mass is 16.3. The fraction of sp³-hybridized carbons (Fsp3) is 0.500. The zero-order valence-corrected chi connectivity index (χ0v) is 9.81. The van der Waals surface area contributed by atoms with Gasteiger partial charge in [0.05, 0.1) is 29.2 Å². The van der Waals surface area contributed by atoms with Crippen LogP contribution in [-0.4, -0.2) is 28.6 Å². The first kappa shape index (κ1) is 11.9. The number of aromatic nitrogens is 1. The number of hydrogen-bond donors (Lipinski definition) is 3. The van der Waals surface area contributed by atoms with Crippen molar-refractivity contribution in [2.45, 2.75) is 25.9 Å². The minimum absolute atomic E-state index is 0.149. The summed E-state index contributed by atoms with van der Waals surface area (Å²) in [6, 6.07) is 1.63. The SMILES string of the molecule is Cc1ncc(N)cc1C(=O)NCC1CC(O)C1. The number of nitrogen functional groups attached to an aromatic ring is 1. The van der Waals surface area contributed by atoms with Gasteiger partial charge in [0.15, 0.2) is 0 Å². The van der Waals surface area contributed by atoms with Gasteiger partial charge in [0.1, 0.15) is 0 Å². The van der Waals surface area contributed by atoms with Gasteiger partial charge in [-0.2, -0.15) is 0 Å².